The molecule has 2 rings (SSSR count). The fourth-order valence-corrected chi connectivity index (χ4v) is 7.09. The molecule has 2 aliphatic carbocycles. The van der Waals surface area contributed by atoms with Crippen molar-refractivity contribution in [1.82, 2.24) is 0 Å². The second-order valence-corrected chi connectivity index (χ2v) is 33.7. The van der Waals surface area contributed by atoms with E-state index in [1.165, 1.54) is 161 Å². The molecule has 0 heteroatoms. The number of hydrogen-bond donors (Lipinski definition) is 0. The molecule has 0 nitrogen and oxygen atoms in total. The Morgan fingerprint density at radius 3 is 0.631 bits per heavy atom. The van der Waals surface area contributed by atoms with E-state index in [1.807, 2.05) is 0 Å². The Morgan fingerprint density at radius 1 is 0.321 bits per heavy atom. The predicted molar refractivity (Wildman–Crippen MR) is 408 cm³/mol. The molecule has 0 bridgehead atoms. The quantitative estimate of drug-likeness (QED) is 0.128. The minimum absolute atomic E-state index is 0.500. The Bertz CT molecular complexity index is 1030. The zero-order valence-electron chi connectivity index (χ0n) is 69.1. The monoisotopic (exact) mass is 1200 g/mol. The van der Waals surface area contributed by atoms with Gasteiger partial charge in [-0.3, -0.25) is 0 Å². The van der Waals surface area contributed by atoms with Crippen LogP contribution in [0.15, 0.2) is 0 Å². The van der Waals surface area contributed by atoms with Crippen molar-refractivity contribution in [3.8, 4) is 0 Å². The molecule has 0 spiro atoms. The third kappa shape index (κ3) is 98.2. The fraction of sp³-hybridized carbons (Fsp3) is 1.00. The molecule has 0 N–H and O–H groups in total. The van der Waals surface area contributed by atoms with Crippen molar-refractivity contribution in [3.05, 3.63) is 0 Å². The van der Waals surface area contributed by atoms with Gasteiger partial charge in [0.1, 0.15) is 0 Å². The van der Waals surface area contributed by atoms with Crippen molar-refractivity contribution in [2.24, 2.45) is 98.1 Å². The number of rotatable bonds is 18. The maximum atomic E-state index is 2.36. The molecule has 84 heavy (non-hydrogen) atoms. The van der Waals surface area contributed by atoms with Crippen LogP contribution in [0.5, 0.6) is 0 Å². The summed E-state index contributed by atoms with van der Waals surface area (Å²) in [7, 11) is 0. The van der Waals surface area contributed by atoms with E-state index in [9.17, 15) is 0 Å². The van der Waals surface area contributed by atoms with Crippen LogP contribution in [0.4, 0.5) is 0 Å². The average Bonchev–Trinajstić information content (AvgIpc) is 3.80. The zero-order valence-corrected chi connectivity index (χ0v) is 69.1. The first-order valence-electron chi connectivity index (χ1n) is 38.2. The van der Waals surface area contributed by atoms with E-state index in [2.05, 4.69) is 291 Å². The molecule has 2 fully saturated rings. The molecular weight excluding hydrogens is 1010 g/mol. The van der Waals surface area contributed by atoms with Crippen molar-refractivity contribution >= 4 is 0 Å². The lowest BCUT2D eigenvalue weighted by molar-refractivity contribution is 0.283. The predicted octanol–water partition coefficient (Wildman–Crippen LogP) is 32.8. The van der Waals surface area contributed by atoms with Crippen LogP contribution in [0.25, 0.3) is 0 Å². The van der Waals surface area contributed by atoms with Gasteiger partial charge in [-0.1, -0.05) is 445 Å². The molecule has 5 unspecified atom stereocenters. The number of hydrogen-bond acceptors (Lipinski definition) is 0. The molecule has 0 heterocycles. The van der Waals surface area contributed by atoms with E-state index in [4.69, 9.17) is 0 Å². The van der Waals surface area contributed by atoms with Crippen LogP contribution >= 0.6 is 0 Å². The molecule has 0 aromatic heterocycles. The van der Waals surface area contributed by atoms with Crippen molar-refractivity contribution in [2.45, 2.75) is 451 Å². The Kier molecular flexibility index (Phi) is 84.8. The van der Waals surface area contributed by atoms with Gasteiger partial charge < -0.3 is 0 Å². The highest BCUT2D eigenvalue weighted by Crippen LogP contribution is 2.30. The summed E-state index contributed by atoms with van der Waals surface area (Å²) in [6.07, 6.45) is 34.6. The van der Waals surface area contributed by atoms with E-state index >= 15 is 0 Å². The summed E-state index contributed by atoms with van der Waals surface area (Å²) in [5.41, 5.74) is 2.72. The van der Waals surface area contributed by atoms with Gasteiger partial charge in [-0.05, 0) is 105 Å². The van der Waals surface area contributed by atoms with Gasteiger partial charge in [0.2, 0.25) is 0 Å². The van der Waals surface area contributed by atoms with Crippen LogP contribution in [0.3, 0.4) is 0 Å². The van der Waals surface area contributed by atoms with Gasteiger partial charge in [0.25, 0.3) is 0 Å². The van der Waals surface area contributed by atoms with Crippen LogP contribution in [0.1, 0.15) is 451 Å². The summed E-state index contributed by atoms with van der Waals surface area (Å²) in [6.45, 7) is 95.4. The first-order valence-corrected chi connectivity index (χ1v) is 38.2. The molecule has 2 aliphatic rings. The first-order chi connectivity index (χ1) is 38.2. The normalized spacial score (nSPS) is 16.5. The molecule has 0 amide bonds. The summed E-state index contributed by atoms with van der Waals surface area (Å²) in [6, 6.07) is 0. The Hall–Kier alpha value is 0. The summed E-state index contributed by atoms with van der Waals surface area (Å²) in [5.74, 6) is 11.1. The Labute approximate surface area is 546 Å². The van der Waals surface area contributed by atoms with Gasteiger partial charge in [0.05, 0.1) is 0 Å². The van der Waals surface area contributed by atoms with Crippen molar-refractivity contribution in [1.29, 1.82) is 0 Å². The van der Waals surface area contributed by atoms with Crippen LogP contribution < -0.4 is 0 Å². The van der Waals surface area contributed by atoms with E-state index in [-0.39, 0.29) is 0 Å². The summed E-state index contributed by atoms with van der Waals surface area (Å²) in [4.78, 5) is 0. The Balaban J connectivity index is -0.0000000889. The lowest BCUT2D eigenvalue weighted by Crippen LogP contribution is -2.12. The highest BCUT2D eigenvalue weighted by Gasteiger charge is 2.18. The summed E-state index contributed by atoms with van der Waals surface area (Å²) in [5, 5.41) is 0. The van der Waals surface area contributed by atoms with Gasteiger partial charge >= 0.3 is 0 Å². The molecule has 0 aromatic carbocycles. The minimum Gasteiger partial charge on any atom is -0.0654 e. The van der Waals surface area contributed by atoms with Crippen LogP contribution in [0.2, 0.25) is 0 Å². The smallest absolute Gasteiger partial charge is 0.0359 e. The largest absolute Gasteiger partial charge is 0.0654 e. The molecule has 524 valence electrons. The highest BCUT2D eigenvalue weighted by molar-refractivity contribution is 4.70. The Morgan fingerprint density at radius 2 is 0.583 bits per heavy atom. The second kappa shape index (κ2) is 67.4. The SMILES string of the molecule is CC(C)C(C)(C)C.CC(C)C(C)(C)C.CC1CCCCC1.CC1CCC[C@H]1C.CCC(C)(C)CC.CCC(C)(C)CC.CCC(C)C(C)C.CCC(C)C(C)C.CCC(CC)CC.CCCC(C)(C)C.CCCC(C)CC.CCCC(C)CC. The zero-order chi connectivity index (χ0) is 69.1. The molecule has 2 saturated carbocycles. The van der Waals surface area contributed by atoms with Crippen LogP contribution in [0, 0.1) is 98.1 Å². The van der Waals surface area contributed by atoms with Gasteiger partial charge in [-0.2, -0.15) is 0 Å². The molecule has 6 atom stereocenters. The minimum atomic E-state index is 0.500. The van der Waals surface area contributed by atoms with Crippen LogP contribution in [-0.4, -0.2) is 0 Å². The van der Waals surface area contributed by atoms with E-state index in [0.717, 1.165) is 71.0 Å². The molecule has 0 aliphatic heterocycles. The van der Waals surface area contributed by atoms with E-state index < -0.39 is 0 Å². The second-order valence-electron chi connectivity index (χ2n) is 33.7. The summed E-state index contributed by atoms with van der Waals surface area (Å²) < 4.78 is 0. The van der Waals surface area contributed by atoms with Crippen LogP contribution in [-0.2, 0) is 0 Å². The maximum absolute atomic E-state index is 2.36. The summed E-state index contributed by atoms with van der Waals surface area (Å²) >= 11 is 0. The van der Waals surface area contributed by atoms with Crippen molar-refractivity contribution < 1.29 is 0 Å². The van der Waals surface area contributed by atoms with Gasteiger partial charge in [0, 0.05) is 0 Å². The van der Waals surface area contributed by atoms with E-state index in [1.54, 1.807) is 0 Å². The molecular formula is C84H188. The lowest BCUT2D eigenvalue weighted by Gasteiger charge is -2.22. The third-order valence-corrected chi connectivity index (χ3v) is 20.7. The molecule has 0 aromatic rings. The topological polar surface area (TPSA) is 0 Å². The molecule has 0 saturated heterocycles. The van der Waals surface area contributed by atoms with Crippen molar-refractivity contribution in [3.63, 3.8) is 0 Å². The standard InChI is InChI=1S/2C7H14.10C7H16/c1-6-4-3-5-7(6)2;1-7-5-3-2-4-6-7;2*1-6(2)7(3,4)5;1-5-6-7(2,3)4;2*1-5-7(3,4)6-2;2*1-5-7(4)6(2)3;2*1-4-6-7(3)5-2;1-4-7(5-2)6-3/h6-7H,3-5H2,1-2H3;7H,2-6H2,1H3;2*6H,1-5H3;3*5-6H2,1-4H3;2*6-7H,5H2,1-4H3;3*7H,4-6H2,1-3H3/t6-,7?;;;;;;;;;;;/m1.........../s1. The first kappa shape index (κ1) is 106. The van der Waals surface area contributed by atoms with Gasteiger partial charge in [-0.25, -0.2) is 0 Å². The van der Waals surface area contributed by atoms with Crippen molar-refractivity contribution in [2.75, 3.05) is 0 Å². The third-order valence-electron chi connectivity index (χ3n) is 20.7. The molecule has 0 radical (unpaired) electrons. The highest BCUT2D eigenvalue weighted by atomic mass is 14.2. The average molecular weight is 1200 g/mol. The maximum Gasteiger partial charge on any atom is -0.0359 e. The lowest BCUT2D eigenvalue weighted by atomic mass is 9.84. The van der Waals surface area contributed by atoms with Gasteiger partial charge in [0.15, 0.2) is 0 Å². The fourth-order valence-electron chi connectivity index (χ4n) is 7.09. The van der Waals surface area contributed by atoms with E-state index in [0.29, 0.717) is 27.1 Å². The van der Waals surface area contributed by atoms with Gasteiger partial charge in [-0.15, -0.1) is 0 Å².